The SMILES string of the molecule is COc1cc(CO)cc2c1O[C@@H]1[C@@H](O)[C@H](N(CC34CC5CC(CC(C5)C3)C4)C(=O)c3cc4ccccc4oc3=O)C=C(C(=O)NCCO)[C@H]21. The molecule has 6 aliphatic rings. The van der Waals surface area contributed by atoms with E-state index in [0.29, 0.717) is 57.9 Å². The molecule has 4 saturated carbocycles. The van der Waals surface area contributed by atoms with Gasteiger partial charge in [-0.1, -0.05) is 18.2 Å². The lowest BCUT2D eigenvalue weighted by molar-refractivity contribution is -0.119. The van der Waals surface area contributed by atoms with Gasteiger partial charge in [0, 0.05) is 29.6 Å². The number of fused-ring (bicyclic) bond motifs is 4. The van der Waals surface area contributed by atoms with Crippen LogP contribution >= 0.6 is 0 Å². The first-order chi connectivity index (χ1) is 23.7. The molecule has 2 amide bonds. The summed E-state index contributed by atoms with van der Waals surface area (Å²) in [7, 11) is 1.48. The lowest BCUT2D eigenvalue weighted by atomic mass is 9.49. The van der Waals surface area contributed by atoms with Crippen LogP contribution in [0.4, 0.5) is 0 Å². The number of aliphatic hydroxyl groups excluding tert-OH is 3. The Morgan fingerprint density at radius 2 is 1.76 bits per heavy atom. The zero-order valence-electron chi connectivity index (χ0n) is 27.5. The van der Waals surface area contributed by atoms with E-state index >= 15 is 0 Å². The van der Waals surface area contributed by atoms with Crippen LogP contribution in [0.2, 0.25) is 0 Å². The van der Waals surface area contributed by atoms with E-state index < -0.39 is 41.6 Å². The van der Waals surface area contributed by atoms with Gasteiger partial charge in [-0.15, -0.1) is 0 Å². The summed E-state index contributed by atoms with van der Waals surface area (Å²) in [4.78, 5) is 43.7. The number of carbonyl (C=O) groups is 2. The maximum absolute atomic E-state index is 14.8. The molecule has 2 heterocycles. The van der Waals surface area contributed by atoms with Gasteiger partial charge in [0.05, 0.1) is 32.3 Å². The van der Waals surface area contributed by atoms with E-state index in [9.17, 15) is 29.7 Å². The van der Waals surface area contributed by atoms with Crippen molar-refractivity contribution in [3.05, 3.63) is 81.2 Å². The van der Waals surface area contributed by atoms with Crippen LogP contribution in [0.1, 0.15) is 65.9 Å². The van der Waals surface area contributed by atoms with Crippen LogP contribution in [0.5, 0.6) is 11.5 Å². The van der Waals surface area contributed by atoms with Crippen molar-refractivity contribution >= 4 is 22.8 Å². The fraction of sp³-hybridized carbons (Fsp3) is 0.500. The van der Waals surface area contributed by atoms with Gasteiger partial charge in [0.1, 0.15) is 23.4 Å². The summed E-state index contributed by atoms with van der Waals surface area (Å²) in [5.74, 6) is 0.678. The number of carbonyl (C=O) groups excluding carboxylic acids is 2. The smallest absolute Gasteiger partial charge is 0.349 e. The fourth-order valence-electron chi connectivity index (χ4n) is 10.1. The van der Waals surface area contributed by atoms with E-state index in [4.69, 9.17) is 13.9 Å². The van der Waals surface area contributed by atoms with Crippen LogP contribution in [0.3, 0.4) is 0 Å². The lowest BCUT2D eigenvalue weighted by Crippen LogP contribution is -2.60. The van der Waals surface area contributed by atoms with Crippen molar-refractivity contribution in [1.82, 2.24) is 10.2 Å². The Morgan fingerprint density at radius 1 is 1.04 bits per heavy atom. The predicted molar refractivity (Wildman–Crippen MR) is 178 cm³/mol. The summed E-state index contributed by atoms with van der Waals surface area (Å²) < 4.78 is 17.6. The van der Waals surface area contributed by atoms with Crippen LogP contribution in [0.25, 0.3) is 11.0 Å². The van der Waals surface area contributed by atoms with Gasteiger partial charge >= 0.3 is 5.63 Å². The number of hydrogen-bond donors (Lipinski definition) is 4. The third-order valence-electron chi connectivity index (χ3n) is 11.7. The average Bonchev–Trinajstić information content (AvgIpc) is 3.48. The van der Waals surface area contributed by atoms with Crippen molar-refractivity contribution in [3.63, 3.8) is 0 Å². The maximum atomic E-state index is 14.8. The highest BCUT2D eigenvalue weighted by atomic mass is 16.5. The van der Waals surface area contributed by atoms with Crippen LogP contribution in [-0.4, -0.2) is 77.1 Å². The van der Waals surface area contributed by atoms with Gasteiger partial charge in [0.25, 0.3) is 5.91 Å². The fourth-order valence-corrected chi connectivity index (χ4v) is 10.1. The van der Waals surface area contributed by atoms with Gasteiger partial charge in [0.2, 0.25) is 5.91 Å². The van der Waals surface area contributed by atoms with E-state index in [1.165, 1.54) is 26.4 Å². The second kappa shape index (κ2) is 12.3. The normalized spacial score (nSPS) is 30.7. The number of nitrogens with zero attached hydrogens (tertiary/aromatic N) is 1. The molecular formula is C38H42N2O9. The monoisotopic (exact) mass is 670 g/mol. The third-order valence-corrected chi connectivity index (χ3v) is 11.7. The Labute approximate surface area is 283 Å². The molecule has 1 aliphatic heterocycles. The Kier molecular flexibility index (Phi) is 8.04. The van der Waals surface area contributed by atoms with Gasteiger partial charge < -0.3 is 39.4 Å². The molecule has 11 nitrogen and oxygen atoms in total. The number of benzene rings is 2. The molecule has 5 aliphatic carbocycles. The van der Waals surface area contributed by atoms with Crippen molar-refractivity contribution in [2.24, 2.45) is 23.2 Å². The molecule has 4 atom stereocenters. The first-order valence-corrected chi connectivity index (χ1v) is 17.3. The predicted octanol–water partition coefficient (Wildman–Crippen LogP) is 3.28. The minimum absolute atomic E-state index is 0.00253. The molecule has 0 spiro atoms. The average molecular weight is 671 g/mol. The van der Waals surface area contributed by atoms with Crippen molar-refractivity contribution in [3.8, 4) is 11.5 Å². The topological polar surface area (TPSA) is 159 Å². The van der Waals surface area contributed by atoms with Crippen LogP contribution < -0.4 is 20.4 Å². The zero-order valence-corrected chi connectivity index (χ0v) is 27.5. The molecule has 3 aromatic rings. The van der Waals surface area contributed by atoms with Gasteiger partial charge in [-0.05, 0) is 97.6 Å². The molecule has 4 N–H and O–H groups in total. The lowest BCUT2D eigenvalue weighted by Gasteiger charge is -2.58. The standard InChI is InChI=1S/C38H42N2O9/c1-47-30-12-23(18-42)11-25-31-26(35(44)39-6-7-41)14-28(32(43)34(31)49-33(25)30)40(19-38-15-20-8-21(16-38)10-22(9-20)17-38)36(45)27-13-24-4-2-3-5-29(24)48-37(27)46/h2-5,11-14,20-22,28,31-32,34,41-43H,6-10,15-19H2,1H3,(H,39,44)/t20?,21?,22?,28-,31+,32+,34+,38?/m1/s1. The Balaban J connectivity index is 1.26. The van der Waals surface area contributed by atoms with E-state index in [0.717, 1.165) is 19.3 Å². The van der Waals surface area contributed by atoms with Gasteiger partial charge in [-0.3, -0.25) is 9.59 Å². The molecule has 11 heteroatoms. The second-order valence-corrected chi connectivity index (χ2v) is 14.9. The highest BCUT2D eigenvalue weighted by Crippen LogP contribution is 2.60. The summed E-state index contributed by atoms with van der Waals surface area (Å²) in [5.41, 5.74) is 0.676. The summed E-state index contributed by atoms with van der Waals surface area (Å²) in [6, 6.07) is 10.9. The van der Waals surface area contributed by atoms with E-state index in [1.807, 2.05) is 0 Å². The molecule has 0 unspecified atom stereocenters. The number of rotatable bonds is 9. The van der Waals surface area contributed by atoms with Crippen LogP contribution in [0.15, 0.2) is 63.3 Å². The summed E-state index contributed by atoms with van der Waals surface area (Å²) in [6.07, 6.45) is 5.89. The molecule has 2 aromatic carbocycles. The molecule has 4 bridgehead atoms. The number of methoxy groups -OCH3 is 1. The molecule has 1 aromatic heterocycles. The van der Waals surface area contributed by atoms with Crippen molar-refractivity contribution < 1.29 is 38.8 Å². The van der Waals surface area contributed by atoms with Gasteiger partial charge in [-0.2, -0.15) is 0 Å². The summed E-state index contributed by atoms with van der Waals surface area (Å²) >= 11 is 0. The highest BCUT2D eigenvalue weighted by molar-refractivity contribution is 5.98. The number of aliphatic hydroxyl groups is 3. The van der Waals surface area contributed by atoms with E-state index in [-0.39, 0.29) is 36.3 Å². The second-order valence-electron chi connectivity index (χ2n) is 14.9. The van der Waals surface area contributed by atoms with E-state index in [1.54, 1.807) is 53.4 Å². The molecule has 0 radical (unpaired) electrons. The minimum Gasteiger partial charge on any atom is -0.493 e. The number of para-hydroxylation sites is 1. The van der Waals surface area contributed by atoms with Gasteiger partial charge in [-0.25, -0.2) is 4.79 Å². The van der Waals surface area contributed by atoms with Crippen LogP contribution in [0, 0.1) is 23.2 Å². The highest BCUT2D eigenvalue weighted by Gasteiger charge is 2.55. The van der Waals surface area contributed by atoms with Gasteiger partial charge in [0.15, 0.2) is 11.5 Å². The first kappa shape index (κ1) is 32.0. The number of hydrogen-bond acceptors (Lipinski definition) is 9. The summed E-state index contributed by atoms with van der Waals surface area (Å²) in [6.45, 7) is -0.233. The maximum Gasteiger partial charge on any atom is 0.349 e. The Hall–Kier alpha value is -4.19. The molecule has 258 valence electrons. The van der Waals surface area contributed by atoms with Crippen molar-refractivity contribution in [2.45, 2.75) is 69.3 Å². The molecule has 9 rings (SSSR count). The van der Waals surface area contributed by atoms with Crippen molar-refractivity contribution in [2.75, 3.05) is 26.8 Å². The molecule has 49 heavy (non-hydrogen) atoms. The van der Waals surface area contributed by atoms with Crippen molar-refractivity contribution in [1.29, 1.82) is 0 Å². The van der Waals surface area contributed by atoms with E-state index in [2.05, 4.69) is 5.32 Å². The zero-order chi connectivity index (χ0) is 34.0. The number of ether oxygens (including phenoxy) is 2. The number of amides is 2. The minimum atomic E-state index is -1.29. The van der Waals surface area contributed by atoms with Crippen LogP contribution in [-0.2, 0) is 11.4 Å². The molecule has 0 saturated heterocycles. The molecule has 4 fully saturated rings. The Morgan fingerprint density at radius 3 is 2.43 bits per heavy atom. The summed E-state index contributed by atoms with van der Waals surface area (Å²) in [5, 5.41) is 35.2. The largest absolute Gasteiger partial charge is 0.493 e. The number of nitrogens with one attached hydrogen (secondary N) is 1. The molecular weight excluding hydrogens is 628 g/mol. The quantitative estimate of drug-likeness (QED) is 0.251. The third kappa shape index (κ3) is 5.43. The first-order valence-electron chi connectivity index (χ1n) is 17.3. The Bertz CT molecular complexity index is 1860.